The topological polar surface area (TPSA) is 71.4 Å². The van der Waals surface area contributed by atoms with Crippen LogP contribution >= 0.6 is 0 Å². The number of carbonyl (C=O) groups is 1. The van der Waals surface area contributed by atoms with Crippen molar-refractivity contribution in [3.8, 4) is 0 Å². The van der Waals surface area contributed by atoms with Crippen LogP contribution in [0.2, 0.25) is 0 Å². The molecule has 1 rings (SSSR count). The van der Waals surface area contributed by atoms with Crippen LogP contribution in [0, 0.1) is 17.3 Å². The van der Waals surface area contributed by atoms with E-state index in [0.29, 0.717) is 12.8 Å². The molecule has 1 saturated carbocycles. The number of sulfone groups is 1. The molecule has 1 aliphatic rings. The van der Waals surface area contributed by atoms with Crippen LogP contribution in [0.4, 0.5) is 0 Å². The number of carboxylic acids is 1. The zero-order valence-corrected chi connectivity index (χ0v) is 12.3. The number of rotatable bonds is 5. The summed E-state index contributed by atoms with van der Waals surface area (Å²) in [6, 6.07) is 0. The van der Waals surface area contributed by atoms with Crippen molar-refractivity contribution in [3.05, 3.63) is 0 Å². The Morgan fingerprint density at radius 3 is 2.50 bits per heavy atom. The van der Waals surface area contributed by atoms with Gasteiger partial charge in [-0.3, -0.25) is 4.79 Å². The number of hydrogen-bond acceptors (Lipinski definition) is 3. The minimum absolute atomic E-state index is 0.00688. The first-order chi connectivity index (χ1) is 8.17. The predicted octanol–water partition coefficient (Wildman–Crippen LogP) is 2.34. The van der Waals surface area contributed by atoms with Crippen LogP contribution in [0.15, 0.2) is 0 Å². The highest BCUT2D eigenvalue weighted by Gasteiger charge is 2.38. The Morgan fingerprint density at radius 1 is 1.39 bits per heavy atom. The molecule has 0 spiro atoms. The Hall–Kier alpha value is -0.580. The highest BCUT2D eigenvalue weighted by atomic mass is 32.2. The first-order valence-electron chi connectivity index (χ1n) is 6.60. The second kappa shape index (κ2) is 5.59. The fourth-order valence-corrected chi connectivity index (χ4v) is 3.79. The van der Waals surface area contributed by atoms with Crippen LogP contribution in [0.25, 0.3) is 0 Å². The average molecular weight is 276 g/mol. The van der Waals surface area contributed by atoms with Crippen molar-refractivity contribution < 1.29 is 18.3 Å². The first-order valence-corrected chi connectivity index (χ1v) is 8.42. The molecule has 1 aliphatic carbocycles. The molecular weight excluding hydrogens is 252 g/mol. The third-order valence-electron chi connectivity index (χ3n) is 4.07. The van der Waals surface area contributed by atoms with Gasteiger partial charge in [0.2, 0.25) is 0 Å². The molecule has 2 atom stereocenters. The summed E-state index contributed by atoms with van der Waals surface area (Å²) in [4.78, 5) is 11.2. The molecule has 1 N–H and O–H groups in total. The van der Waals surface area contributed by atoms with Crippen molar-refractivity contribution in [1.29, 1.82) is 0 Å². The first kappa shape index (κ1) is 15.5. The third kappa shape index (κ3) is 4.26. The van der Waals surface area contributed by atoms with E-state index in [1.807, 2.05) is 0 Å². The Balaban J connectivity index is 2.71. The van der Waals surface area contributed by atoms with E-state index in [0.717, 1.165) is 12.8 Å². The molecule has 2 unspecified atom stereocenters. The molecule has 0 aromatic carbocycles. The molecule has 0 bridgehead atoms. The quantitative estimate of drug-likeness (QED) is 0.836. The summed E-state index contributed by atoms with van der Waals surface area (Å²) in [7, 11) is -3.00. The molecule has 0 aromatic heterocycles. The van der Waals surface area contributed by atoms with E-state index in [1.54, 1.807) is 6.92 Å². The van der Waals surface area contributed by atoms with Crippen molar-refractivity contribution in [3.63, 3.8) is 0 Å². The largest absolute Gasteiger partial charge is 0.481 e. The lowest BCUT2D eigenvalue weighted by Gasteiger charge is -2.39. The van der Waals surface area contributed by atoms with E-state index in [4.69, 9.17) is 0 Å². The Kier molecular flexibility index (Phi) is 4.81. The smallest absolute Gasteiger partial charge is 0.306 e. The van der Waals surface area contributed by atoms with Gasteiger partial charge in [0.25, 0.3) is 0 Å². The summed E-state index contributed by atoms with van der Waals surface area (Å²) >= 11 is 0. The minimum atomic E-state index is -3.00. The maximum absolute atomic E-state index is 11.5. The maximum Gasteiger partial charge on any atom is 0.306 e. The maximum atomic E-state index is 11.5. The molecule has 18 heavy (non-hydrogen) atoms. The highest BCUT2D eigenvalue weighted by Crippen LogP contribution is 2.43. The van der Waals surface area contributed by atoms with Gasteiger partial charge in [-0.1, -0.05) is 20.8 Å². The molecule has 4 nitrogen and oxygen atoms in total. The Morgan fingerprint density at radius 2 is 2.00 bits per heavy atom. The van der Waals surface area contributed by atoms with E-state index in [1.165, 1.54) is 0 Å². The second-order valence-electron chi connectivity index (χ2n) is 6.14. The highest BCUT2D eigenvalue weighted by molar-refractivity contribution is 7.91. The van der Waals surface area contributed by atoms with Crippen LogP contribution in [0.1, 0.15) is 46.5 Å². The molecule has 0 saturated heterocycles. The molecule has 5 heteroatoms. The van der Waals surface area contributed by atoms with Gasteiger partial charge in [-0.15, -0.1) is 0 Å². The number of carboxylic acid groups (broad SMARTS) is 1. The van der Waals surface area contributed by atoms with Gasteiger partial charge in [-0.05, 0) is 37.0 Å². The van der Waals surface area contributed by atoms with Gasteiger partial charge in [-0.2, -0.15) is 0 Å². The monoisotopic (exact) mass is 276 g/mol. The average Bonchev–Trinajstić information content (AvgIpc) is 2.25. The third-order valence-corrected chi connectivity index (χ3v) is 5.81. The number of aliphatic carboxylic acids is 1. The summed E-state index contributed by atoms with van der Waals surface area (Å²) in [6.07, 6.45) is 2.86. The summed E-state index contributed by atoms with van der Waals surface area (Å²) in [5.41, 5.74) is 0.132. The van der Waals surface area contributed by atoms with Crippen molar-refractivity contribution in [1.82, 2.24) is 0 Å². The van der Waals surface area contributed by atoms with Gasteiger partial charge in [-0.25, -0.2) is 8.42 Å². The molecule has 0 aliphatic heterocycles. The summed E-state index contributed by atoms with van der Waals surface area (Å²) in [6.45, 7) is 5.90. The Labute approximate surface area is 110 Å². The van der Waals surface area contributed by atoms with Crippen LogP contribution in [-0.4, -0.2) is 31.0 Å². The second-order valence-corrected chi connectivity index (χ2v) is 8.61. The van der Waals surface area contributed by atoms with E-state index < -0.39 is 15.8 Å². The molecule has 0 radical (unpaired) electrons. The minimum Gasteiger partial charge on any atom is -0.481 e. The van der Waals surface area contributed by atoms with E-state index in [2.05, 4.69) is 13.8 Å². The van der Waals surface area contributed by atoms with Gasteiger partial charge >= 0.3 is 5.97 Å². The van der Waals surface area contributed by atoms with Gasteiger partial charge in [0.15, 0.2) is 0 Å². The zero-order chi connectivity index (χ0) is 14.0. The van der Waals surface area contributed by atoms with E-state index in [9.17, 15) is 18.3 Å². The fourth-order valence-electron chi connectivity index (χ4n) is 2.84. The normalized spacial score (nSPS) is 27.9. The summed E-state index contributed by atoms with van der Waals surface area (Å²) in [5, 5.41) is 9.22. The van der Waals surface area contributed by atoms with E-state index in [-0.39, 0.29) is 28.8 Å². The lowest BCUT2D eigenvalue weighted by Crippen LogP contribution is -2.35. The van der Waals surface area contributed by atoms with Crippen LogP contribution < -0.4 is 0 Å². The lowest BCUT2D eigenvalue weighted by atomic mass is 9.66. The van der Waals surface area contributed by atoms with Crippen molar-refractivity contribution >= 4 is 15.8 Å². The van der Waals surface area contributed by atoms with Gasteiger partial charge < -0.3 is 5.11 Å². The molecule has 0 heterocycles. The van der Waals surface area contributed by atoms with E-state index >= 15 is 0 Å². The van der Waals surface area contributed by atoms with Gasteiger partial charge in [0.05, 0.1) is 11.7 Å². The SMILES string of the molecule is CCS(=O)(=O)CCC1CC(C)(C)CCC1C(=O)O. The van der Waals surface area contributed by atoms with Gasteiger partial charge in [0.1, 0.15) is 9.84 Å². The Bertz CT molecular complexity index is 397. The van der Waals surface area contributed by atoms with Crippen LogP contribution in [-0.2, 0) is 14.6 Å². The van der Waals surface area contributed by atoms with Crippen molar-refractivity contribution in [2.24, 2.45) is 17.3 Å². The molecule has 1 fully saturated rings. The molecular formula is C13H24O4S. The molecule has 0 amide bonds. The fraction of sp³-hybridized carbons (Fsp3) is 0.923. The standard InChI is InChI=1S/C13H24O4S/c1-4-18(16,17)8-6-10-9-13(2,3)7-5-11(10)12(14)15/h10-11H,4-9H2,1-3H3,(H,14,15). The van der Waals surface area contributed by atoms with Crippen molar-refractivity contribution in [2.45, 2.75) is 46.5 Å². The van der Waals surface area contributed by atoms with Crippen LogP contribution in [0.5, 0.6) is 0 Å². The zero-order valence-electron chi connectivity index (χ0n) is 11.5. The summed E-state index contributed by atoms with van der Waals surface area (Å²) < 4.78 is 23.1. The van der Waals surface area contributed by atoms with Crippen LogP contribution in [0.3, 0.4) is 0 Å². The van der Waals surface area contributed by atoms with Crippen molar-refractivity contribution in [2.75, 3.05) is 11.5 Å². The molecule has 106 valence electrons. The number of hydrogen-bond donors (Lipinski definition) is 1. The molecule has 0 aromatic rings. The van der Waals surface area contributed by atoms with Gasteiger partial charge in [0, 0.05) is 5.75 Å². The predicted molar refractivity (Wildman–Crippen MR) is 71.2 cm³/mol. The lowest BCUT2D eigenvalue weighted by molar-refractivity contribution is -0.146. The summed E-state index contributed by atoms with van der Waals surface area (Å²) in [5.74, 6) is -0.892.